The second kappa shape index (κ2) is 8.73. The Kier molecular flexibility index (Phi) is 5.91. The fraction of sp³-hybridized carbons (Fsp3) is 0.0909. The van der Waals surface area contributed by atoms with Crippen LogP contribution in [0.2, 0.25) is 0 Å². The Balaban J connectivity index is 1.75. The van der Waals surface area contributed by atoms with Crippen LogP contribution in [0.3, 0.4) is 0 Å². The molecule has 6 heteroatoms. The van der Waals surface area contributed by atoms with Crippen molar-refractivity contribution in [3.63, 3.8) is 0 Å². The fourth-order valence-electron chi connectivity index (χ4n) is 2.62. The summed E-state index contributed by atoms with van der Waals surface area (Å²) in [5, 5.41) is 6.94. The van der Waals surface area contributed by atoms with Gasteiger partial charge in [-0.3, -0.25) is 14.6 Å². The molecule has 0 aliphatic carbocycles. The molecule has 2 aromatic carbocycles. The van der Waals surface area contributed by atoms with E-state index in [4.69, 9.17) is 0 Å². The van der Waals surface area contributed by atoms with Crippen LogP contribution in [-0.2, 0) is 0 Å². The molecule has 0 aliphatic rings. The number of aromatic nitrogens is 1. The first-order valence-electron chi connectivity index (χ1n) is 8.76. The van der Waals surface area contributed by atoms with E-state index in [1.165, 1.54) is 12.4 Å². The highest BCUT2D eigenvalue weighted by atomic mass is 16.2. The SMILES string of the molecule is CC(=NNC(=O)c1ccccc1NC(=O)c1ccncc1)c1cccc(C)c1. The number of hydrogen-bond acceptors (Lipinski definition) is 4. The average molecular weight is 372 g/mol. The monoisotopic (exact) mass is 372 g/mol. The van der Waals surface area contributed by atoms with Crippen LogP contribution in [0.25, 0.3) is 0 Å². The zero-order chi connectivity index (χ0) is 19.9. The molecule has 28 heavy (non-hydrogen) atoms. The van der Waals surface area contributed by atoms with Crippen LogP contribution in [0.5, 0.6) is 0 Å². The molecule has 0 fully saturated rings. The number of para-hydroxylation sites is 1. The summed E-state index contributed by atoms with van der Waals surface area (Å²) < 4.78 is 0. The van der Waals surface area contributed by atoms with E-state index in [1.807, 2.05) is 38.1 Å². The summed E-state index contributed by atoms with van der Waals surface area (Å²) in [7, 11) is 0. The molecule has 140 valence electrons. The second-order valence-corrected chi connectivity index (χ2v) is 6.24. The summed E-state index contributed by atoms with van der Waals surface area (Å²) in [5.41, 5.74) is 6.48. The molecule has 0 saturated carbocycles. The number of benzene rings is 2. The molecule has 6 nitrogen and oxygen atoms in total. The average Bonchev–Trinajstić information content (AvgIpc) is 2.72. The van der Waals surface area contributed by atoms with Gasteiger partial charge in [0, 0.05) is 18.0 Å². The molecule has 0 saturated heterocycles. The zero-order valence-corrected chi connectivity index (χ0v) is 15.6. The number of nitrogens with one attached hydrogen (secondary N) is 2. The van der Waals surface area contributed by atoms with E-state index in [1.54, 1.807) is 36.4 Å². The van der Waals surface area contributed by atoms with Crippen molar-refractivity contribution in [3.8, 4) is 0 Å². The van der Waals surface area contributed by atoms with E-state index >= 15 is 0 Å². The molecular formula is C22H20N4O2. The highest BCUT2D eigenvalue weighted by Crippen LogP contribution is 2.16. The number of carbonyl (C=O) groups is 2. The highest BCUT2D eigenvalue weighted by molar-refractivity contribution is 6.09. The highest BCUT2D eigenvalue weighted by Gasteiger charge is 2.14. The molecule has 0 unspecified atom stereocenters. The molecule has 1 heterocycles. The number of rotatable bonds is 5. The second-order valence-electron chi connectivity index (χ2n) is 6.24. The molecule has 0 atom stereocenters. The Morgan fingerprint density at radius 3 is 2.39 bits per heavy atom. The lowest BCUT2D eigenvalue weighted by atomic mass is 10.1. The van der Waals surface area contributed by atoms with E-state index in [0.29, 0.717) is 22.5 Å². The lowest BCUT2D eigenvalue weighted by molar-refractivity contribution is 0.0955. The molecular weight excluding hydrogens is 352 g/mol. The topological polar surface area (TPSA) is 83.5 Å². The van der Waals surface area contributed by atoms with Gasteiger partial charge in [0.1, 0.15) is 0 Å². The van der Waals surface area contributed by atoms with E-state index in [-0.39, 0.29) is 5.91 Å². The summed E-state index contributed by atoms with van der Waals surface area (Å²) in [6.45, 7) is 3.82. The maximum absolute atomic E-state index is 12.6. The number of nitrogens with zero attached hydrogens (tertiary/aromatic N) is 2. The van der Waals surface area contributed by atoms with Crippen molar-refractivity contribution < 1.29 is 9.59 Å². The van der Waals surface area contributed by atoms with Crippen LogP contribution >= 0.6 is 0 Å². The standard InChI is InChI=1S/C22H20N4O2/c1-15-6-5-7-18(14-15)16(2)25-26-22(28)19-8-3-4-9-20(19)24-21(27)17-10-12-23-13-11-17/h3-14H,1-2H3,(H,24,27)(H,26,28). The van der Waals surface area contributed by atoms with Gasteiger partial charge in [-0.25, -0.2) is 5.43 Å². The largest absolute Gasteiger partial charge is 0.321 e. The van der Waals surface area contributed by atoms with Gasteiger partial charge in [0.15, 0.2) is 0 Å². The van der Waals surface area contributed by atoms with Gasteiger partial charge in [-0.2, -0.15) is 5.10 Å². The number of aryl methyl sites for hydroxylation is 1. The summed E-state index contributed by atoms with van der Waals surface area (Å²) in [4.78, 5) is 28.9. The van der Waals surface area contributed by atoms with Gasteiger partial charge in [0.2, 0.25) is 0 Å². The van der Waals surface area contributed by atoms with Gasteiger partial charge in [-0.1, -0.05) is 42.0 Å². The van der Waals surface area contributed by atoms with Crippen molar-refractivity contribution in [2.24, 2.45) is 5.10 Å². The van der Waals surface area contributed by atoms with Crippen LogP contribution in [0.4, 0.5) is 5.69 Å². The van der Waals surface area contributed by atoms with Crippen molar-refractivity contribution in [3.05, 3.63) is 95.3 Å². The Labute approximate surface area is 163 Å². The number of carbonyl (C=O) groups excluding carboxylic acids is 2. The molecule has 2 N–H and O–H groups in total. The summed E-state index contributed by atoms with van der Waals surface area (Å²) in [6.07, 6.45) is 3.08. The van der Waals surface area contributed by atoms with Crippen LogP contribution < -0.4 is 10.7 Å². The predicted octanol–water partition coefficient (Wildman–Crippen LogP) is 3.80. The van der Waals surface area contributed by atoms with Gasteiger partial charge >= 0.3 is 0 Å². The van der Waals surface area contributed by atoms with E-state index < -0.39 is 5.91 Å². The number of hydrogen-bond donors (Lipinski definition) is 2. The molecule has 1 aromatic heterocycles. The van der Waals surface area contributed by atoms with E-state index in [2.05, 4.69) is 20.8 Å². The molecule has 3 rings (SSSR count). The third-order valence-corrected chi connectivity index (χ3v) is 4.12. The van der Waals surface area contributed by atoms with Crippen LogP contribution in [0.15, 0.2) is 78.2 Å². The Morgan fingerprint density at radius 1 is 0.893 bits per heavy atom. The van der Waals surface area contributed by atoms with Gasteiger partial charge in [-0.05, 0) is 43.7 Å². The maximum atomic E-state index is 12.6. The zero-order valence-electron chi connectivity index (χ0n) is 15.6. The quantitative estimate of drug-likeness (QED) is 0.528. The van der Waals surface area contributed by atoms with Gasteiger partial charge < -0.3 is 5.32 Å². The van der Waals surface area contributed by atoms with Gasteiger partial charge in [0.05, 0.1) is 17.0 Å². The first kappa shape index (κ1) is 19.0. The van der Waals surface area contributed by atoms with Gasteiger partial charge in [-0.15, -0.1) is 0 Å². The minimum Gasteiger partial charge on any atom is -0.321 e. The van der Waals surface area contributed by atoms with Crippen molar-refractivity contribution in [1.29, 1.82) is 0 Å². The van der Waals surface area contributed by atoms with Crippen LogP contribution in [0, 0.1) is 6.92 Å². The molecule has 0 aliphatic heterocycles. The third-order valence-electron chi connectivity index (χ3n) is 4.12. The number of amides is 2. The first-order valence-corrected chi connectivity index (χ1v) is 8.76. The van der Waals surface area contributed by atoms with E-state index in [0.717, 1.165) is 11.1 Å². The Bertz CT molecular complexity index is 1030. The number of pyridine rings is 1. The maximum Gasteiger partial charge on any atom is 0.273 e. The molecule has 2 amide bonds. The normalized spacial score (nSPS) is 11.0. The summed E-state index contributed by atoms with van der Waals surface area (Å²) in [6, 6.07) is 17.9. The smallest absolute Gasteiger partial charge is 0.273 e. The van der Waals surface area contributed by atoms with Gasteiger partial charge in [0.25, 0.3) is 11.8 Å². The Morgan fingerprint density at radius 2 is 1.64 bits per heavy atom. The third kappa shape index (κ3) is 4.67. The lowest BCUT2D eigenvalue weighted by Crippen LogP contribution is -2.22. The minimum atomic E-state index is -0.405. The minimum absolute atomic E-state index is 0.318. The summed E-state index contributed by atoms with van der Waals surface area (Å²) in [5.74, 6) is -0.722. The van der Waals surface area contributed by atoms with Crippen LogP contribution in [-0.4, -0.2) is 22.5 Å². The lowest BCUT2D eigenvalue weighted by Gasteiger charge is -2.10. The predicted molar refractivity (Wildman–Crippen MR) is 109 cm³/mol. The van der Waals surface area contributed by atoms with Crippen molar-refractivity contribution in [2.45, 2.75) is 13.8 Å². The van der Waals surface area contributed by atoms with Crippen LogP contribution in [0.1, 0.15) is 38.8 Å². The molecule has 0 bridgehead atoms. The first-order chi connectivity index (χ1) is 13.5. The fourth-order valence-corrected chi connectivity index (χ4v) is 2.62. The summed E-state index contributed by atoms with van der Waals surface area (Å²) >= 11 is 0. The number of hydrazone groups is 1. The van der Waals surface area contributed by atoms with Crippen molar-refractivity contribution in [1.82, 2.24) is 10.4 Å². The molecule has 3 aromatic rings. The van der Waals surface area contributed by atoms with Crippen molar-refractivity contribution >= 4 is 23.2 Å². The molecule has 0 radical (unpaired) electrons. The van der Waals surface area contributed by atoms with Crippen molar-refractivity contribution in [2.75, 3.05) is 5.32 Å². The number of anilines is 1. The molecule has 0 spiro atoms. The Hall–Kier alpha value is -3.80. The van der Waals surface area contributed by atoms with E-state index in [9.17, 15) is 9.59 Å².